The van der Waals surface area contributed by atoms with Gasteiger partial charge in [0.05, 0.1) is 12.4 Å². The molecule has 0 heterocycles. The molecule has 1 aromatic rings. The molecule has 7 heteroatoms. The van der Waals surface area contributed by atoms with Gasteiger partial charge in [-0.05, 0) is 31.2 Å². The van der Waals surface area contributed by atoms with Crippen LogP contribution in [0.4, 0.5) is 5.69 Å². The van der Waals surface area contributed by atoms with Crippen LogP contribution in [0.3, 0.4) is 0 Å². The fraction of sp³-hybridized carbons (Fsp3) is 0.357. The second-order valence-corrected chi connectivity index (χ2v) is 4.94. The highest BCUT2D eigenvalue weighted by molar-refractivity contribution is 7.99. The third kappa shape index (κ3) is 7.48. The molecule has 1 N–H and O–H groups in total. The van der Waals surface area contributed by atoms with Crippen molar-refractivity contribution >= 4 is 35.6 Å². The number of rotatable bonds is 9. The van der Waals surface area contributed by atoms with Gasteiger partial charge in [0.15, 0.2) is 0 Å². The number of benzene rings is 1. The maximum Gasteiger partial charge on any atom is 0.332 e. The molecule has 0 aliphatic heterocycles. The maximum atomic E-state index is 11.6. The van der Waals surface area contributed by atoms with Crippen molar-refractivity contribution in [1.29, 1.82) is 0 Å². The molecule has 6 nitrogen and oxygen atoms in total. The third-order valence-electron chi connectivity index (χ3n) is 2.21. The monoisotopic (exact) mass is 311 g/mol. The lowest BCUT2D eigenvalue weighted by molar-refractivity contribution is -0.149. The minimum atomic E-state index is -0.498. The summed E-state index contributed by atoms with van der Waals surface area (Å²) in [6.45, 7) is 1.51. The second kappa shape index (κ2) is 9.95. The number of thioether (sulfide) groups is 1. The Kier molecular flexibility index (Phi) is 8.15. The molecule has 0 saturated heterocycles. The first-order valence-corrected chi connectivity index (χ1v) is 7.34. The first kappa shape index (κ1) is 17.2. The summed E-state index contributed by atoms with van der Waals surface area (Å²) in [6.07, 6.45) is 0.835. The van der Waals surface area contributed by atoms with Crippen LogP contribution < -0.4 is 5.32 Å². The number of ether oxygens (including phenoxy) is 2. The van der Waals surface area contributed by atoms with Gasteiger partial charge in [-0.3, -0.25) is 4.79 Å². The number of esters is 1. The van der Waals surface area contributed by atoms with Crippen LogP contribution in [0, 0.1) is 0 Å². The predicted octanol–water partition coefficient (Wildman–Crippen LogP) is 1.50. The summed E-state index contributed by atoms with van der Waals surface area (Å²) in [5.74, 6) is -0.456. The van der Waals surface area contributed by atoms with E-state index in [-0.39, 0.29) is 25.7 Å². The van der Waals surface area contributed by atoms with E-state index >= 15 is 0 Å². The fourth-order valence-electron chi connectivity index (χ4n) is 1.39. The topological polar surface area (TPSA) is 81.7 Å². The first-order chi connectivity index (χ1) is 10.2. The highest BCUT2D eigenvalue weighted by atomic mass is 32.2. The summed E-state index contributed by atoms with van der Waals surface area (Å²) < 4.78 is 9.59. The van der Waals surface area contributed by atoms with E-state index in [4.69, 9.17) is 4.74 Å². The summed E-state index contributed by atoms with van der Waals surface area (Å²) in [4.78, 5) is 33.8. The van der Waals surface area contributed by atoms with E-state index in [0.717, 1.165) is 11.2 Å². The van der Waals surface area contributed by atoms with Gasteiger partial charge in [0.2, 0.25) is 5.91 Å². The molecule has 0 aliphatic carbocycles. The molecule has 0 aliphatic rings. The van der Waals surface area contributed by atoms with Crippen molar-refractivity contribution in [2.24, 2.45) is 0 Å². The lowest BCUT2D eigenvalue weighted by Gasteiger charge is -2.07. The van der Waals surface area contributed by atoms with Crippen molar-refractivity contribution in [2.45, 2.75) is 11.8 Å². The summed E-state index contributed by atoms with van der Waals surface area (Å²) in [7, 11) is 0. The van der Waals surface area contributed by atoms with Crippen LogP contribution in [-0.2, 0) is 23.9 Å². The molecule has 0 bridgehead atoms. The first-order valence-electron chi connectivity index (χ1n) is 6.35. The van der Waals surface area contributed by atoms with Gasteiger partial charge in [0.1, 0.15) is 19.5 Å². The van der Waals surface area contributed by atoms with Crippen molar-refractivity contribution in [3.63, 3.8) is 0 Å². The van der Waals surface area contributed by atoms with Crippen molar-refractivity contribution in [1.82, 2.24) is 0 Å². The van der Waals surface area contributed by atoms with Crippen LogP contribution in [0.2, 0.25) is 0 Å². The Balaban J connectivity index is 2.30. The van der Waals surface area contributed by atoms with Crippen molar-refractivity contribution in [2.75, 3.05) is 30.9 Å². The van der Waals surface area contributed by atoms with E-state index < -0.39 is 5.97 Å². The molecule has 114 valence electrons. The fourth-order valence-corrected chi connectivity index (χ4v) is 1.98. The van der Waals surface area contributed by atoms with Crippen molar-refractivity contribution in [3.05, 3.63) is 24.3 Å². The Morgan fingerprint density at radius 2 is 1.95 bits per heavy atom. The Labute approximate surface area is 127 Å². The number of carbonyl (C=O) groups excluding carboxylic acids is 3. The van der Waals surface area contributed by atoms with Gasteiger partial charge in [0.25, 0.3) is 0 Å². The number of hydrogen-bond donors (Lipinski definition) is 1. The Morgan fingerprint density at radius 1 is 1.24 bits per heavy atom. The van der Waals surface area contributed by atoms with Crippen LogP contribution in [0.5, 0.6) is 0 Å². The van der Waals surface area contributed by atoms with Gasteiger partial charge >= 0.3 is 5.97 Å². The van der Waals surface area contributed by atoms with E-state index in [1.807, 2.05) is 12.1 Å². The minimum Gasteiger partial charge on any atom is -0.464 e. The van der Waals surface area contributed by atoms with Crippen LogP contribution in [0.1, 0.15) is 6.92 Å². The van der Waals surface area contributed by atoms with Gasteiger partial charge in [-0.2, -0.15) is 0 Å². The van der Waals surface area contributed by atoms with Gasteiger partial charge in [-0.1, -0.05) is 0 Å². The molecule has 21 heavy (non-hydrogen) atoms. The van der Waals surface area contributed by atoms with Gasteiger partial charge in [-0.25, -0.2) is 4.79 Å². The standard InChI is InChI=1S/C14H17NO5S/c1-2-20-14(18)10-19-9-13(17)15-11-3-5-12(6-4-11)21-8-7-16/h3-7H,2,8-10H2,1H3,(H,15,17). The summed E-state index contributed by atoms with van der Waals surface area (Å²) in [5.41, 5.74) is 0.621. The Bertz CT molecular complexity index is 475. The van der Waals surface area contributed by atoms with Gasteiger partial charge in [0, 0.05) is 10.6 Å². The zero-order chi connectivity index (χ0) is 15.5. The number of hydrogen-bond acceptors (Lipinski definition) is 6. The smallest absolute Gasteiger partial charge is 0.332 e. The predicted molar refractivity (Wildman–Crippen MR) is 79.3 cm³/mol. The van der Waals surface area contributed by atoms with E-state index in [1.165, 1.54) is 11.8 Å². The SMILES string of the molecule is CCOC(=O)COCC(=O)Nc1ccc(SCC=O)cc1. The van der Waals surface area contributed by atoms with E-state index in [1.54, 1.807) is 19.1 Å². The molecule has 0 saturated carbocycles. The minimum absolute atomic E-state index is 0.222. The van der Waals surface area contributed by atoms with Crippen LogP contribution >= 0.6 is 11.8 Å². The van der Waals surface area contributed by atoms with Crippen LogP contribution in [0.15, 0.2) is 29.2 Å². The van der Waals surface area contributed by atoms with Crippen LogP contribution in [-0.4, -0.2) is 43.7 Å². The zero-order valence-corrected chi connectivity index (χ0v) is 12.5. The molecule has 1 amide bonds. The second-order valence-electron chi connectivity index (χ2n) is 3.85. The van der Waals surface area contributed by atoms with E-state index in [2.05, 4.69) is 10.1 Å². The molecule has 1 rings (SSSR count). The maximum absolute atomic E-state index is 11.6. The van der Waals surface area contributed by atoms with Gasteiger partial charge < -0.3 is 19.6 Å². The third-order valence-corrected chi connectivity index (χ3v) is 3.12. The molecule has 0 fully saturated rings. The Morgan fingerprint density at radius 3 is 2.57 bits per heavy atom. The highest BCUT2D eigenvalue weighted by Gasteiger charge is 2.06. The molecule has 0 spiro atoms. The lowest BCUT2D eigenvalue weighted by Crippen LogP contribution is -2.21. The largest absolute Gasteiger partial charge is 0.464 e. The summed E-state index contributed by atoms with van der Waals surface area (Å²) in [6, 6.07) is 7.08. The number of anilines is 1. The average Bonchev–Trinajstić information content (AvgIpc) is 2.47. The number of carbonyl (C=O) groups is 3. The van der Waals surface area contributed by atoms with E-state index in [9.17, 15) is 14.4 Å². The normalized spacial score (nSPS) is 9.95. The lowest BCUT2D eigenvalue weighted by atomic mass is 10.3. The van der Waals surface area contributed by atoms with Gasteiger partial charge in [-0.15, -0.1) is 11.8 Å². The summed E-state index contributed by atoms with van der Waals surface area (Å²) in [5, 5.41) is 2.64. The zero-order valence-electron chi connectivity index (χ0n) is 11.7. The molecule has 0 unspecified atom stereocenters. The number of aldehydes is 1. The molecule has 0 atom stereocenters. The quantitative estimate of drug-likeness (QED) is 0.423. The summed E-state index contributed by atoms with van der Waals surface area (Å²) >= 11 is 1.41. The van der Waals surface area contributed by atoms with E-state index in [0.29, 0.717) is 11.4 Å². The van der Waals surface area contributed by atoms with Crippen LogP contribution in [0.25, 0.3) is 0 Å². The average molecular weight is 311 g/mol. The molecular weight excluding hydrogens is 294 g/mol. The molecule has 0 aromatic heterocycles. The molecule has 1 aromatic carbocycles. The molecule has 0 radical (unpaired) electrons. The van der Waals surface area contributed by atoms with Crippen molar-refractivity contribution in [3.8, 4) is 0 Å². The highest BCUT2D eigenvalue weighted by Crippen LogP contribution is 2.19. The molecular formula is C14H17NO5S. The number of nitrogens with one attached hydrogen (secondary N) is 1. The number of amides is 1. The van der Waals surface area contributed by atoms with Crippen molar-refractivity contribution < 1.29 is 23.9 Å². The Hall–Kier alpha value is -1.86.